The fourth-order valence-corrected chi connectivity index (χ4v) is 4.26. The molecule has 0 saturated carbocycles. The maximum absolute atomic E-state index is 12.1. The Morgan fingerprint density at radius 1 is 1.59 bits per heavy atom. The minimum Gasteiger partial charge on any atom is -0.337 e. The van der Waals surface area contributed by atoms with E-state index >= 15 is 0 Å². The summed E-state index contributed by atoms with van der Waals surface area (Å²) in [5, 5.41) is 10.1. The number of hydrogen-bond acceptors (Lipinski definition) is 6. The number of H-pyrrole nitrogens is 1. The number of likely N-dealkylation sites (tertiary alicyclic amines) is 1. The molecule has 1 aliphatic heterocycles. The van der Waals surface area contributed by atoms with Gasteiger partial charge in [-0.1, -0.05) is 11.8 Å². The molecule has 8 nitrogen and oxygen atoms in total. The topological polar surface area (TPSA) is 108 Å². The molecule has 124 valence electrons. The molecule has 2 N–H and O–H groups in total. The van der Waals surface area contributed by atoms with Gasteiger partial charge in [-0.15, -0.1) is 0 Å². The van der Waals surface area contributed by atoms with Gasteiger partial charge >= 0.3 is 6.03 Å². The Morgan fingerprint density at radius 2 is 2.41 bits per heavy atom. The highest BCUT2D eigenvalue weighted by molar-refractivity contribution is 7.99. The molecule has 0 aliphatic carbocycles. The predicted octanol–water partition coefficient (Wildman–Crippen LogP) is 0.363. The van der Waals surface area contributed by atoms with Crippen LogP contribution in [0.1, 0.15) is 12.8 Å². The number of urea groups is 1. The Balaban J connectivity index is 1.70. The van der Waals surface area contributed by atoms with E-state index in [4.69, 9.17) is 0 Å². The fourth-order valence-electron chi connectivity index (χ4n) is 2.49. The number of nitrogens with zero attached hydrogens (tertiary/aromatic N) is 3. The van der Waals surface area contributed by atoms with Crippen molar-refractivity contribution in [3.63, 3.8) is 0 Å². The van der Waals surface area contributed by atoms with Crippen LogP contribution in [0, 0.1) is 5.92 Å². The van der Waals surface area contributed by atoms with Crippen LogP contribution in [0.5, 0.6) is 0 Å². The molecule has 0 spiro atoms. The lowest BCUT2D eigenvalue weighted by molar-refractivity contribution is 0.171. The lowest BCUT2D eigenvalue weighted by Crippen LogP contribution is -2.47. The summed E-state index contributed by atoms with van der Waals surface area (Å²) in [7, 11) is -3.00. The van der Waals surface area contributed by atoms with Crippen LogP contribution in [0.15, 0.2) is 11.5 Å². The number of carbonyl (C=O) groups excluding carboxylic acids is 1. The molecule has 1 atom stereocenters. The Morgan fingerprint density at radius 3 is 3.09 bits per heavy atom. The van der Waals surface area contributed by atoms with Crippen molar-refractivity contribution < 1.29 is 13.2 Å². The highest BCUT2D eigenvalue weighted by Gasteiger charge is 2.25. The Kier molecular flexibility index (Phi) is 6.07. The summed E-state index contributed by atoms with van der Waals surface area (Å²) in [5.74, 6) is 0.887. The summed E-state index contributed by atoms with van der Waals surface area (Å²) in [5.41, 5.74) is 0. The van der Waals surface area contributed by atoms with E-state index in [1.165, 1.54) is 24.3 Å². The molecule has 0 unspecified atom stereocenters. The van der Waals surface area contributed by atoms with Gasteiger partial charge in [0.25, 0.3) is 0 Å². The van der Waals surface area contributed by atoms with Crippen LogP contribution >= 0.6 is 11.8 Å². The first kappa shape index (κ1) is 17.1. The van der Waals surface area contributed by atoms with E-state index in [0.717, 1.165) is 18.0 Å². The quantitative estimate of drug-likeness (QED) is 0.568. The van der Waals surface area contributed by atoms with Crippen LogP contribution in [-0.2, 0) is 9.84 Å². The molecule has 0 radical (unpaired) electrons. The normalized spacial score (nSPS) is 19.1. The average Bonchev–Trinajstić information content (AvgIpc) is 2.95. The minimum atomic E-state index is -3.00. The number of thioether (sulfide) groups is 1. The van der Waals surface area contributed by atoms with Crippen molar-refractivity contribution in [3.8, 4) is 0 Å². The molecule has 1 aliphatic rings. The molecular weight excluding hydrogens is 326 g/mol. The maximum atomic E-state index is 12.1. The van der Waals surface area contributed by atoms with Crippen molar-refractivity contribution in [2.45, 2.75) is 18.0 Å². The summed E-state index contributed by atoms with van der Waals surface area (Å²) < 4.78 is 22.7. The zero-order valence-electron chi connectivity index (χ0n) is 12.5. The number of piperidine rings is 1. The zero-order valence-corrected chi connectivity index (χ0v) is 14.1. The first-order valence-corrected chi connectivity index (χ1v) is 10.2. The number of amides is 2. The van der Waals surface area contributed by atoms with Crippen LogP contribution in [-0.4, -0.2) is 71.9 Å². The number of hydrogen-bond donors (Lipinski definition) is 2. The van der Waals surface area contributed by atoms with E-state index in [-0.39, 0.29) is 17.7 Å². The SMILES string of the molecule is CS(=O)(=O)C[C@@H]1CCCN(C(=O)NCCSc2ncn[nH]2)C1. The number of aromatic amines is 1. The Labute approximate surface area is 134 Å². The predicted molar refractivity (Wildman–Crippen MR) is 84.5 cm³/mol. The largest absolute Gasteiger partial charge is 0.337 e. The second-order valence-corrected chi connectivity index (χ2v) is 8.69. The third-order valence-electron chi connectivity index (χ3n) is 3.35. The van der Waals surface area contributed by atoms with E-state index < -0.39 is 9.84 Å². The van der Waals surface area contributed by atoms with Gasteiger partial charge in [-0.25, -0.2) is 18.2 Å². The lowest BCUT2D eigenvalue weighted by Gasteiger charge is -2.32. The molecular formula is C12H21N5O3S2. The molecule has 1 saturated heterocycles. The van der Waals surface area contributed by atoms with Crippen molar-refractivity contribution >= 4 is 27.6 Å². The summed E-state index contributed by atoms with van der Waals surface area (Å²) in [4.78, 5) is 17.8. The first-order chi connectivity index (χ1) is 10.4. The average molecular weight is 347 g/mol. The molecule has 2 rings (SSSR count). The second-order valence-electron chi connectivity index (χ2n) is 5.42. The summed E-state index contributed by atoms with van der Waals surface area (Å²) in [6, 6.07) is -0.128. The molecule has 0 bridgehead atoms. The first-order valence-electron chi connectivity index (χ1n) is 7.13. The number of nitrogens with one attached hydrogen (secondary N) is 2. The van der Waals surface area contributed by atoms with Crippen molar-refractivity contribution in [3.05, 3.63) is 6.33 Å². The zero-order chi connectivity index (χ0) is 16.0. The number of sulfone groups is 1. The molecule has 0 aromatic carbocycles. The minimum absolute atomic E-state index is 0.0399. The van der Waals surface area contributed by atoms with Gasteiger partial charge in [-0.05, 0) is 18.8 Å². The lowest BCUT2D eigenvalue weighted by atomic mass is 10.0. The third kappa shape index (κ3) is 5.84. The smallest absolute Gasteiger partial charge is 0.317 e. The van der Waals surface area contributed by atoms with Gasteiger partial charge in [0.05, 0.1) is 5.75 Å². The molecule has 22 heavy (non-hydrogen) atoms. The van der Waals surface area contributed by atoms with E-state index in [0.29, 0.717) is 25.4 Å². The highest BCUT2D eigenvalue weighted by atomic mass is 32.2. The Bertz CT molecular complexity index is 576. The number of carbonyl (C=O) groups is 1. The Hall–Kier alpha value is -1.29. The van der Waals surface area contributed by atoms with Gasteiger partial charge < -0.3 is 10.2 Å². The van der Waals surface area contributed by atoms with Gasteiger partial charge in [-0.2, -0.15) is 5.10 Å². The monoisotopic (exact) mass is 347 g/mol. The van der Waals surface area contributed by atoms with Gasteiger partial charge in [-0.3, -0.25) is 5.10 Å². The maximum Gasteiger partial charge on any atom is 0.317 e. The van der Waals surface area contributed by atoms with Crippen LogP contribution in [0.3, 0.4) is 0 Å². The van der Waals surface area contributed by atoms with Crippen LogP contribution in [0.2, 0.25) is 0 Å². The third-order valence-corrected chi connectivity index (χ3v) is 5.31. The highest BCUT2D eigenvalue weighted by Crippen LogP contribution is 2.18. The summed E-state index contributed by atoms with van der Waals surface area (Å²) >= 11 is 1.48. The summed E-state index contributed by atoms with van der Waals surface area (Å²) in [6.07, 6.45) is 4.39. The van der Waals surface area contributed by atoms with Crippen LogP contribution < -0.4 is 5.32 Å². The molecule has 1 fully saturated rings. The standard InChI is InChI=1S/C12H21N5O3S2/c1-22(19,20)8-10-3-2-5-17(7-10)12(18)13-4-6-21-11-14-9-15-16-11/h9-10H,2-8H2,1H3,(H,13,18)(H,14,15,16)/t10-/m1/s1. The van der Waals surface area contributed by atoms with E-state index in [1.54, 1.807) is 4.90 Å². The van der Waals surface area contributed by atoms with Crippen LogP contribution in [0.4, 0.5) is 4.79 Å². The molecule has 2 amide bonds. The van der Waals surface area contributed by atoms with E-state index in [1.807, 2.05) is 0 Å². The van der Waals surface area contributed by atoms with Crippen molar-refractivity contribution in [1.29, 1.82) is 0 Å². The van der Waals surface area contributed by atoms with Crippen LogP contribution in [0.25, 0.3) is 0 Å². The van der Waals surface area contributed by atoms with E-state index in [2.05, 4.69) is 20.5 Å². The number of aromatic nitrogens is 3. The van der Waals surface area contributed by atoms with Gasteiger partial charge in [0.2, 0.25) is 0 Å². The van der Waals surface area contributed by atoms with Crippen molar-refractivity contribution in [2.75, 3.05) is 37.4 Å². The van der Waals surface area contributed by atoms with E-state index in [9.17, 15) is 13.2 Å². The molecule has 2 heterocycles. The van der Waals surface area contributed by atoms with Gasteiger partial charge in [0, 0.05) is 31.6 Å². The number of rotatable bonds is 6. The van der Waals surface area contributed by atoms with Crippen molar-refractivity contribution in [2.24, 2.45) is 5.92 Å². The summed E-state index contributed by atoms with van der Waals surface area (Å²) in [6.45, 7) is 1.72. The molecule has 10 heteroatoms. The van der Waals surface area contributed by atoms with Gasteiger partial charge in [0.1, 0.15) is 16.2 Å². The van der Waals surface area contributed by atoms with Gasteiger partial charge in [0.15, 0.2) is 5.16 Å². The molecule has 1 aromatic heterocycles. The second kappa shape index (κ2) is 7.82. The van der Waals surface area contributed by atoms with Crippen molar-refractivity contribution in [1.82, 2.24) is 25.4 Å². The molecule has 1 aromatic rings. The fraction of sp³-hybridized carbons (Fsp3) is 0.750.